The van der Waals surface area contributed by atoms with Crippen molar-refractivity contribution in [2.75, 3.05) is 13.2 Å². The first kappa shape index (κ1) is 19.0. The summed E-state index contributed by atoms with van der Waals surface area (Å²) in [7, 11) is 0. The predicted molar refractivity (Wildman–Crippen MR) is 88.8 cm³/mol. The number of aliphatic hydroxyl groups excluding tert-OH is 2. The SMILES string of the molecule is CC(C)(C)OC(=O)NCCC(O)c1cccc(C#CCCO)c1. The van der Waals surface area contributed by atoms with Gasteiger partial charge < -0.3 is 20.3 Å². The third kappa shape index (κ3) is 8.24. The zero-order valence-corrected chi connectivity index (χ0v) is 13.9. The highest BCUT2D eigenvalue weighted by Gasteiger charge is 2.16. The Labute approximate surface area is 137 Å². The molecule has 1 atom stereocenters. The fourth-order valence-corrected chi connectivity index (χ4v) is 1.84. The molecular weight excluding hydrogens is 294 g/mol. The summed E-state index contributed by atoms with van der Waals surface area (Å²) in [4.78, 5) is 11.5. The molecule has 0 aromatic heterocycles. The summed E-state index contributed by atoms with van der Waals surface area (Å²) in [6, 6.07) is 7.29. The highest BCUT2D eigenvalue weighted by Crippen LogP contribution is 2.17. The van der Waals surface area contributed by atoms with Crippen LogP contribution in [0.25, 0.3) is 0 Å². The minimum absolute atomic E-state index is 0.0334. The second-order valence-electron chi connectivity index (χ2n) is 6.13. The zero-order chi connectivity index (χ0) is 17.3. The number of ether oxygens (including phenoxy) is 1. The predicted octanol–water partition coefficient (Wildman–Crippen LogP) is 2.37. The molecule has 0 saturated heterocycles. The summed E-state index contributed by atoms with van der Waals surface area (Å²) in [6.45, 7) is 5.74. The normalized spacial score (nSPS) is 12.0. The summed E-state index contributed by atoms with van der Waals surface area (Å²) < 4.78 is 5.13. The summed E-state index contributed by atoms with van der Waals surface area (Å²) in [6.07, 6.45) is -0.378. The molecule has 5 nitrogen and oxygen atoms in total. The van der Waals surface area contributed by atoms with Crippen molar-refractivity contribution in [3.8, 4) is 11.8 Å². The van der Waals surface area contributed by atoms with Gasteiger partial charge in [0.15, 0.2) is 0 Å². The van der Waals surface area contributed by atoms with E-state index in [1.165, 1.54) is 0 Å². The first-order valence-corrected chi connectivity index (χ1v) is 7.66. The number of hydrogen-bond acceptors (Lipinski definition) is 4. The largest absolute Gasteiger partial charge is 0.444 e. The van der Waals surface area contributed by atoms with Gasteiger partial charge >= 0.3 is 6.09 Å². The summed E-state index contributed by atoms with van der Waals surface area (Å²) in [5.41, 5.74) is 0.992. The fraction of sp³-hybridized carbons (Fsp3) is 0.500. The minimum Gasteiger partial charge on any atom is -0.444 e. The van der Waals surface area contributed by atoms with E-state index in [0.717, 1.165) is 11.1 Å². The lowest BCUT2D eigenvalue weighted by Gasteiger charge is -2.20. The Kier molecular flexibility index (Phi) is 7.60. The molecule has 0 bridgehead atoms. The second kappa shape index (κ2) is 9.19. The first-order valence-electron chi connectivity index (χ1n) is 7.66. The van der Waals surface area contributed by atoms with Crippen LogP contribution in [-0.2, 0) is 4.74 Å². The standard InChI is InChI=1S/C18H25NO4/c1-18(2,3)23-17(22)19-11-10-16(21)15-9-6-8-14(13-15)7-4-5-12-20/h6,8-9,13,16,20-21H,5,10-12H2,1-3H3,(H,19,22). The van der Waals surface area contributed by atoms with Gasteiger partial charge in [-0.2, -0.15) is 0 Å². The maximum Gasteiger partial charge on any atom is 0.407 e. The van der Waals surface area contributed by atoms with Crippen molar-refractivity contribution in [2.45, 2.75) is 45.3 Å². The summed E-state index contributed by atoms with van der Waals surface area (Å²) >= 11 is 0. The Balaban J connectivity index is 2.49. The number of nitrogens with one attached hydrogen (secondary N) is 1. The Morgan fingerprint density at radius 2 is 2.13 bits per heavy atom. The molecule has 0 aliphatic heterocycles. The van der Waals surface area contributed by atoms with Crippen molar-refractivity contribution in [3.63, 3.8) is 0 Å². The van der Waals surface area contributed by atoms with E-state index >= 15 is 0 Å². The van der Waals surface area contributed by atoms with Crippen molar-refractivity contribution < 1.29 is 19.7 Å². The van der Waals surface area contributed by atoms with Crippen LogP contribution >= 0.6 is 0 Å². The molecule has 0 spiro atoms. The van der Waals surface area contributed by atoms with Gasteiger partial charge in [0.2, 0.25) is 0 Å². The highest BCUT2D eigenvalue weighted by atomic mass is 16.6. The van der Waals surface area contributed by atoms with Crippen LogP contribution in [0.2, 0.25) is 0 Å². The van der Waals surface area contributed by atoms with E-state index in [1.54, 1.807) is 20.8 Å². The number of aliphatic hydroxyl groups is 2. The van der Waals surface area contributed by atoms with E-state index in [2.05, 4.69) is 17.2 Å². The Morgan fingerprint density at radius 3 is 2.78 bits per heavy atom. The van der Waals surface area contributed by atoms with Gasteiger partial charge in [-0.25, -0.2) is 4.79 Å². The molecule has 1 unspecified atom stereocenters. The van der Waals surface area contributed by atoms with Crippen molar-refractivity contribution >= 4 is 6.09 Å². The lowest BCUT2D eigenvalue weighted by molar-refractivity contribution is 0.0518. The third-order valence-electron chi connectivity index (χ3n) is 2.83. The summed E-state index contributed by atoms with van der Waals surface area (Å²) in [5, 5.41) is 21.5. The van der Waals surface area contributed by atoms with Crippen LogP contribution in [-0.4, -0.2) is 35.1 Å². The smallest absolute Gasteiger partial charge is 0.407 e. The molecule has 5 heteroatoms. The van der Waals surface area contributed by atoms with Crippen molar-refractivity contribution in [3.05, 3.63) is 35.4 Å². The van der Waals surface area contributed by atoms with E-state index < -0.39 is 17.8 Å². The van der Waals surface area contributed by atoms with E-state index in [9.17, 15) is 9.90 Å². The second-order valence-corrected chi connectivity index (χ2v) is 6.13. The van der Waals surface area contributed by atoms with Gasteiger partial charge in [0, 0.05) is 18.5 Å². The van der Waals surface area contributed by atoms with Gasteiger partial charge in [0.1, 0.15) is 5.60 Å². The van der Waals surface area contributed by atoms with Crippen molar-refractivity contribution in [1.82, 2.24) is 5.32 Å². The maximum absolute atomic E-state index is 11.5. The quantitative estimate of drug-likeness (QED) is 0.728. The van der Waals surface area contributed by atoms with Gasteiger partial charge in [-0.1, -0.05) is 24.0 Å². The lowest BCUT2D eigenvalue weighted by Crippen LogP contribution is -2.33. The number of benzene rings is 1. The average molecular weight is 319 g/mol. The number of carbonyl (C=O) groups is 1. The topological polar surface area (TPSA) is 78.8 Å². The minimum atomic E-state index is -0.690. The average Bonchev–Trinajstić information content (AvgIpc) is 2.46. The molecule has 0 aliphatic rings. The van der Waals surface area contributed by atoms with Gasteiger partial charge in [-0.3, -0.25) is 0 Å². The molecule has 0 radical (unpaired) electrons. The molecule has 1 aromatic carbocycles. The fourth-order valence-electron chi connectivity index (χ4n) is 1.84. The van der Waals surface area contributed by atoms with Crippen LogP contribution < -0.4 is 5.32 Å². The molecule has 0 saturated carbocycles. The van der Waals surface area contributed by atoms with E-state index in [4.69, 9.17) is 9.84 Å². The van der Waals surface area contributed by atoms with Crippen LogP contribution in [0.3, 0.4) is 0 Å². The van der Waals surface area contributed by atoms with Crippen LogP contribution in [0.5, 0.6) is 0 Å². The first-order chi connectivity index (χ1) is 10.8. The summed E-state index contributed by atoms with van der Waals surface area (Å²) in [5.74, 6) is 5.77. The molecule has 1 aromatic rings. The highest BCUT2D eigenvalue weighted by molar-refractivity contribution is 5.67. The van der Waals surface area contributed by atoms with Crippen molar-refractivity contribution in [2.24, 2.45) is 0 Å². The molecule has 0 heterocycles. The Bertz CT molecular complexity index is 566. The van der Waals surface area contributed by atoms with Gasteiger partial charge in [0.05, 0.1) is 12.7 Å². The molecule has 0 fully saturated rings. The lowest BCUT2D eigenvalue weighted by atomic mass is 10.0. The number of carbonyl (C=O) groups excluding carboxylic acids is 1. The zero-order valence-electron chi connectivity index (χ0n) is 13.9. The van der Waals surface area contributed by atoms with Crippen LogP contribution in [0.4, 0.5) is 4.79 Å². The van der Waals surface area contributed by atoms with Crippen LogP contribution in [0.15, 0.2) is 24.3 Å². The monoisotopic (exact) mass is 319 g/mol. The number of alkyl carbamates (subject to hydrolysis) is 1. The number of rotatable bonds is 5. The molecule has 1 rings (SSSR count). The van der Waals surface area contributed by atoms with Crippen LogP contribution in [0.1, 0.15) is 50.8 Å². The van der Waals surface area contributed by atoms with E-state index in [1.807, 2.05) is 24.3 Å². The number of amides is 1. The molecular formula is C18H25NO4. The van der Waals surface area contributed by atoms with Gasteiger partial charge in [-0.15, -0.1) is 0 Å². The Morgan fingerprint density at radius 1 is 1.39 bits per heavy atom. The molecule has 0 aliphatic carbocycles. The molecule has 23 heavy (non-hydrogen) atoms. The van der Waals surface area contributed by atoms with Gasteiger partial charge in [0.25, 0.3) is 0 Å². The van der Waals surface area contributed by atoms with Crippen molar-refractivity contribution in [1.29, 1.82) is 0 Å². The molecule has 1 amide bonds. The molecule has 126 valence electrons. The van der Waals surface area contributed by atoms with Crippen LogP contribution in [0, 0.1) is 11.8 Å². The third-order valence-corrected chi connectivity index (χ3v) is 2.83. The number of hydrogen-bond donors (Lipinski definition) is 3. The van der Waals surface area contributed by atoms with Gasteiger partial charge in [-0.05, 0) is 44.9 Å². The van der Waals surface area contributed by atoms with E-state index in [0.29, 0.717) is 19.4 Å². The maximum atomic E-state index is 11.5. The Hall–Kier alpha value is -2.03. The van der Waals surface area contributed by atoms with E-state index in [-0.39, 0.29) is 6.61 Å². The molecule has 3 N–H and O–H groups in total.